The average Bonchev–Trinajstić information content (AvgIpc) is 3.39. The van der Waals surface area contributed by atoms with Gasteiger partial charge in [-0.3, -0.25) is 13.9 Å². The number of thiophene rings is 1. The number of imidazole rings is 1. The zero-order chi connectivity index (χ0) is 17.9. The van der Waals surface area contributed by atoms with E-state index in [2.05, 4.69) is 10.3 Å². The van der Waals surface area contributed by atoms with Crippen molar-refractivity contribution in [3.8, 4) is 0 Å². The van der Waals surface area contributed by atoms with Crippen LogP contribution in [-0.4, -0.2) is 20.0 Å². The fourth-order valence-corrected chi connectivity index (χ4v) is 3.44. The second kappa shape index (κ2) is 7.01. The predicted octanol–water partition coefficient (Wildman–Crippen LogP) is 2.22. The number of carbonyl (C=O) groups is 1. The molecule has 132 valence electrons. The second-order valence-corrected chi connectivity index (χ2v) is 6.77. The number of aromatic nitrogens is 3. The van der Waals surface area contributed by atoms with Crippen LogP contribution >= 0.6 is 11.3 Å². The molecule has 1 amide bonds. The zero-order valence-electron chi connectivity index (χ0n) is 13.8. The summed E-state index contributed by atoms with van der Waals surface area (Å²) in [6.45, 7) is 0.662. The fourth-order valence-electron chi connectivity index (χ4n) is 2.80. The Kier molecular flexibility index (Phi) is 4.40. The molecule has 0 aliphatic carbocycles. The number of nitrogens with zero attached hydrogens (tertiary/aromatic N) is 3. The lowest BCUT2D eigenvalue weighted by molar-refractivity contribution is -0.121. The van der Waals surface area contributed by atoms with E-state index in [1.807, 2.05) is 17.5 Å². The van der Waals surface area contributed by atoms with E-state index < -0.39 is 0 Å². The summed E-state index contributed by atoms with van der Waals surface area (Å²) in [6, 6.07) is 11.0. The molecule has 0 fully saturated rings. The van der Waals surface area contributed by atoms with Gasteiger partial charge in [0.05, 0.1) is 24.9 Å². The standard InChI is InChI=1S/C18H16N4O3S/c23-16(20-10-14-5-3-9-26-14)12-21-15-6-1-7-19-17(15)22(18(21)24)11-13-4-2-8-25-13/h1-9H,10-12H2,(H,20,23). The smallest absolute Gasteiger partial charge is 0.331 e. The Balaban J connectivity index is 1.61. The SMILES string of the molecule is O=C(Cn1c(=O)n(Cc2ccco2)c2ncccc21)NCc1cccs1. The Bertz CT molecular complexity index is 1080. The Morgan fingerprint density at radius 2 is 2.12 bits per heavy atom. The van der Waals surface area contributed by atoms with Crippen molar-refractivity contribution in [2.24, 2.45) is 0 Å². The van der Waals surface area contributed by atoms with E-state index in [1.165, 1.54) is 9.13 Å². The summed E-state index contributed by atoms with van der Waals surface area (Å²) in [4.78, 5) is 30.5. The molecule has 0 aromatic carbocycles. The van der Waals surface area contributed by atoms with Crippen LogP contribution in [0.2, 0.25) is 0 Å². The van der Waals surface area contributed by atoms with E-state index in [4.69, 9.17) is 4.42 Å². The van der Waals surface area contributed by atoms with Gasteiger partial charge in [-0.1, -0.05) is 6.07 Å². The topological polar surface area (TPSA) is 82.1 Å². The normalized spacial score (nSPS) is 11.1. The van der Waals surface area contributed by atoms with Gasteiger partial charge in [-0.05, 0) is 35.7 Å². The minimum absolute atomic E-state index is 0.0580. The molecule has 0 atom stereocenters. The number of rotatable bonds is 6. The first kappa shape index (κ1) is 16.3. The van der Waals surface area contributed by atoms with E-state index >= 15 is 0 Å². The first-order chi connectivity index (χ1) is 12.7. The van der Waals surface area contributed by atoms with Crippen LogP contribution in [0.1, 0.15) is 10.6 Å². The van der Waals surface area contributed by atoms with Gasteiger partial charge < -0.3 is 9.73 Å². The van der Waals surface area contributed by atoms with Gasteiger partial charge in [-0.25, -0.2) is 9.78 Å². The van der Waals surface area contributed by atoms with Crippen LogP contribution in [0, 0.1) is 0 Å². The molecule has 0 bridgehead atoms. The summed E-state index contributed by atoms with van der Waals surface area (Å²) >= 11 is 1.58. The number of furan rings is 1. The third-order valence-corrected chi connectivity index (χ3v) is 4.89. The molecule has 0 saturated heterocycles. The molecular weight excluding hydrogens is 352 g/mol. The van der Waals surface area contributed by atoms with Gasteiger partial charge in [0.15, 0.2) is 5.65 Å². The van der Waals surface area contributed by atoms with Gasteiger partial charge in [0.25, 0.3) is 0 Å². The van der Waals surface area contributed by atoms with Gasteiger partial charge in [0, 0.05) is 11.1 Å². The van der Waals surface area contributed by atoms with Crippen molar-refractivity contribution >= 4 is 28.4 Å². The van der Waals surface area contributed by atoms with Gasteiger partial charge in [-0.2, -0.15) is 0 Å². The maximum atomic E-state index is 12.8. The largest absolute Gasteiger partial charge is 0.467 e. The highest BCUT2D eigenvalue weighted by Gasteiger charge is 2.17. The number of hydrogen-bond donors (Lipinski definition) is 1. The lowest BCUT2D eigenvalue weighted by Gasteiger charge is -2.05. The molecule has 4 aromatic rings. The van der Waals surface area contributed by atoms with E-state index in [1.54, 1.807) is 48.1 Å². The van der Waals surface area contributed by atoms with Crippen molar-refractivity contribution in [1.82, 2.24) is 19.4 Å². The lowest BCUT2D eigenvalue weighted by atomic mass is 10.4. The molecule has 0 aliphatic rings. The summed E-state index contributed by atoms with van der Waals surface area (Å²) in [5, 5.41) is 4.80. The number of carbonyl (C=O) groups excluding carboxylic acids is 1. The molecule has 7 nitrogen and oxygen atoms in total. The summed E-state index contributed by atoms with van der Waals surface area (Å²) in [5.41, 5.74) is 0.858. The Morgan fingerprint density at radius 3 is 2.88 bits per heavy atom. The molecule has 4 aromatic heterocycles. The highest BCUT2D eigenvalue weighted by molar-refractivity contribution is 7.09. The van der Waals surface area contributed by atoms with Crippen molar-refractivity contribution in [1.29, 1.82) is 0 Å². The molecule has 0 aliphatic heterocycles. The van der Waals surface area contributed by atoms with Crippen LogP contribution in [0.5, 0.6) is 0 Å². The molecule has 0 unspecified atom stereocenters. The average molecular weight is 368 g/mol. The molecule has 4 heterocycles. The summed E-state index contributed by atoms with van der Waals surface area (Å²) < 4.78 is 8.29. The third kappa shape index (κ3) is 3.18. The molecule has 0 radical (unpaired) electrons. The molecule has 1 N–H and O–H groups in total. The van der Waals surface area contributed by atoms with Crippen molar-refractivity contribution in [3.05, 3.63) is 75.4 Å². The van der Waals surface area contributed by atoms with E-state index in [9.17, 15) is 9.59 Å². The van der Waals surface area contributed by atoms with E-state index in [-0.39, 0.29) is 24.7 Å². The molecular formula is C18H16N4O3S. The van der Waals surface area contributed by atoms with Crippen LogP contribution < -0.4 is 11.0 Å². The fraction of sp³-hybridized carbons (Fsp3) is 0.167. The van der Waals surface area contributed by atoms with Crippen molar-refractivity contribution in [3.63, 3.8) is 0 Å². The zero-order valence-corrected chi connectivity index (χ0v) is 14.6. The van der Waals surface area contributed by atoms with Gasteiger partial charge in [0.1, 0.15) is 12.3 Å². The second-order valence-electron chi connectivity index (χ2n) is 5.74. The number of pyridine rings is 1. The van der Waals surface area contributed by atoms with Crippen LogP contribution in [0.25, 0.3) is 11.2 Å². The van der Waals surface area contributed by atoms with Crippen LogP contribution in [0.15, 0.2) is 63.4 Å². The first-order valence-corrected chi connectivity index (χ1v) is 8.96. The number of amides is 1. The molecule has 26 heavy (non-hydrogen) atoms. The molecule has 0 saturated carbocycles. The summed E-state index contributed by atoms with van der Waals surface area (Å²) in [7, 11) is 0. The minimum atomic E-state index is -0.290. The highest BCUT2D eigenvalue weighted by Crippen LogP contribution is 2.13. The maximum Gasteiger partial charge on any atom is 0.331 e. The number of fused-ring (bicyclic) bond motifs is 1. The minimum Gasteiger partial charge on any atom is -0.467 e. The number of nitrogens with one attached hydrogen (secondary N) is 1. The van der Waals surface area contributed by atoms with Crippen molar-refractivity contribution in [2.45, 2.75) is 19.6 Å². The first-order valence-electron chi connectivity index (χ1n) is 8.08. The van der Waals surface area contributed by atoms with E-state index in [0.29, 0.717) is 23.5 Å². The number of hydrogen-bond acceptors (Lipinski definition) is 5. The third-order valence-electron chi connectivity index (χ3n) is 4.01. The van der Waals surface area contributed by atoms with Gasteiger partial charge in [0.2, 0.25) is 5.91 Å². The monoisotopic (exact) mass is 368 g/mol. The maximum absolute atomic E-state index is 12.8. The van der Waals surface area contributed by atoms with Gasteiger partial charge >= 0.3 is 5.69 Å². The predicted molar refractivity (Wildman–Crippen MR) is 98.0 cm³/mol. The quantitative estimate of drug-likeness (QED) is 0.566. The van der Waals surface area contributed by atoms with Crippen LogP contribution in [0.4, 0.5) is 0 Å². The van der Waals surface area contributed by atoms with Crippen LogP contribution in [-0.2, 0) is 24.4 Å². The Labute approximate surface area is 152 Å². The van der Waals surface area contributed by atoms with Crippen molar-refractivity contribution in [2.75, 3.05) is 0 Å². The molecule has 4 rings (SSSR count). The summed E-state index contributed by atoms with van der Waals surface area (Å²) in [5.74, 6) is 0.431. The summed E-state index contributed by atoms with van der Waals surface area (Å²) in [6.07, 6.45) is 3.19. The highest BCUT2D eigenvalue weighted by atomic mass is 32.1. The van der Waals surface area contributed by atoms with Gasteiger partial charge in [-0.15, -0.1) is 11.3 Å². The Hall–Kier alpha value is -3.13. The Morgan fingerprint density at radius 1 is 1.19 bits per heavy atom. The molecule has 8 heteroatoms. The lowest BCUT2D eigenvalue weighted by Crippen LogP contribution is -2.32. The van der Waals surface area contributed by atoms with Crippen molar-refractivity contribution < 1.29 is 9.21 Å². The van der Waals surface area contributed by atoms with Crippen LogP contribution in [0.3, 0.4) is 0 Å². The van der Waals surface area contributed by atoms with E-state index in [0.717, 1.165) is 4.88 Å². The molecule has 0 spiro atoms.